The molecule has 0 spiro atoms. The fraction of sp³-hybridized carbons (Fsp3) is 0.143. The van der Waals surface area contributed by atoms with Crippen LogP contribution in [-0.4, -0.2) is 18.9 Å². The van der Waals surface area contributed by atoms with E-state index in [-0.39, 0.29) is 11.8 Å². The monoisotopic (exact) mass is 244 g/mol. The van der Waals surface area contributed by atoms with Gasteiger partial charge in [0.1, 0.15) is 0 Å². The van der Waals surface area contributed by atoms with E-state index in [0.29, 0.717) is 11.3 Å². The Morgan fingerprint density at radius 1 is 1.11 bits per heavy atom. The van der Waals surface area contributed by atoms with Crippen molar-refractivity contribution >= 4 is 17.5 Å². The van der Waals surface area contributed by atoms with Crippen molar-refractivity contribution in [2.45, 2.75) is 6.92 Å². The molecule has 0 fully saturated rings. The Hall–Kier alpha value is -2.36. The van der Waals surface area contributed by atoms with Crippen LogP contribution in [0.3, 0.4) is 0 Å². The SMILES string of the molecule is CC=CC=CC(=O)Nc1ccc(C(=O)NC)cc1. The van der Waals surface area contributed by atoms with Gasteiger partial charge in [0.15, 0.2) is 0 Å². The molecule has 2 N–H and O–H groups in total. The van der Waals surface area contributed by atoms with Gasteiger partial charge in [0, 0.05) is 24.4 Å². The Morgan fingerprint density at radius 2 is 1.78 bits per heavy atom. The molecule has 1 aromatic carbocycles. The normalized spacial score (nSPS) is 10.8. The first-order chi connectivity index (χ1) is 8.67. The molecule has 0 aliphatic carbocycles. The molecule has 0 atom stereocenters. The summed E-state index contributed by atoms with van der Waals surface area (Å²) in [5, 5.41) is 5.22. The van der Waals surface area contributed by atoms with Crippen molar-refractivity contribution in [3.63, 3.8) is 0 Å². The molecule has 0 saturated carbocycles. The Balaban J connectivity index is 2.64. The average Bonchev–Trinajstić information content (AvgIpc) is 2.39. The molecule has 4 heteroatoms. The van der Waals surface area contributed by atoms with Crippen molar-refractivity contribution in [1.82, 2.24) is 5.32 Å². The second kappa shape index (κ2) is 7.06. The third kappa shape index (κ3) is 4.25. The maximum absolute atomic E-state index is 11.5. The third-order valence-corrected chi connectivity index (χ3v) is 2.19. The zero-order valence-electron chi connectivity index (χ0n) is 10.4. The van der Waals surface area contributed by atoms with E-state index in [1.807, 2.05) is 13.0 Å². The highest BCUT2D eigenvalue weighted by Crippen LogP contribution is 2.09. The van der Waals surface area contributed by atoms with E-state index in [2.05, 4.69) is 10.6 Å². The average molecular weight is 244 g/mol. The van der Waals surface area contributed by atoms with Crippen molar-refractivity contribution in [1.29, 1.82) is 0 Å². The molecule has 0 aliphatic rings. The van der Waals surface area contributed by atoms with Gasteiger partial charge in [0.2, 0.25) is 5.91 Å². The van der Waals surface area contributed by atoms with E-state index in [1.54, 1.807) is 43.5 Å². The van der Waals surface area contributed by atoms with Crippen molar-refractivity contribution in [3.8, 4) is 0 Å². The van der Waals surface area contributed by atoms with Gasteiger partial charge in [-0.2, -0.15) is 0 Å². The molecule has 0 unspecified atom stereocenters. The van der Waals surface area contributed by atoms with Crippen LogP contribution in [0.15, 0.2) is 48.6 Å². The molecule has 0 saturated heterocycles. The largest absolute Gasteiger partial charge is 0.355 e. The molecule has 0 radical (unpaired) electrons. The topological polar surface area (TPSA) is 58.2 Å². The van der Waals surface area contributed by atoms with Crippen LogP contribution in [0.4, 0.5) is 5.69 Å². The highest BCUT2D eigenvalue weighted by Gasteiger charge is 2.02. The second-order valence-electron chi connectivity index (χ2n) is 3.53. The summed E-state index contributed by atoms with van der Waals surface area (Å²) < 4.78 is 0. The zero-order valence-corrected chi connectivity index (χ0v) is 10.4. The fourth-order valence-corrected chi connectivity index (χ4v) is 1.29. The highest BCUT2D eigenvalue weighted by atomic mass is 16.2. The van der Waals surface area contributed by atoms with Crippen LogP contribution < -0.4 is 10.6 Å². The first kappa shape index (κ1) is 13.7. The smallest absolute Gasteiger partial charge is 0.251 e. The van der Waals surface area contributed by atoms with Crippen LogP contribution in [0, 0.1) is 0 Å². The molecule has 18 heavy (non-hydrogen) atoms. The fourth-order valence-electron chi connectivity index (χ4n) is 1.29. The lowest BCUT2D eigenvalue weighted by atomic mass is 10.2. The number of anilines is 1. The van der Waals surface area contributed by atoms with Crippen LogP contribution in [0.1, 0.15) is 17.3 Å². The lowest BCUT2D eigenvalue weighted by Crippen LogP contribution is -2.17. The lowest BCUT2D eigenvalue weighted by molar-refractivity contribution is -0.111. The number of nitrogens with one attached hydrogen (secondary N) is 2. The van der Waals surface area contributed by atoms with E-state index >= 15 is 0 Å². The van der Waals surface area contributed by atoms with Crippen molar-refractivity contribution in [2.24, 2.45) is 0 Å². The number of amides is 2. The van der Waals surface area contributed by atoms with Crippen LogP contribution in [-0.2, 0) is 4.79 Å². The van der Waals surface area contributed by atoms with Gasteiger partial charge in [0.05, 0.1) is 0 Å². The molecule has 1 rings (SSSR count). The summed E-state index contributed by atoms with van der Waals surface area (Å²) in [5.74, 6) is -0.360. The van der Waals surface area contributed by atoms with E-state index in [0.717, 1.165) is 0 Å². The predicted molar refractivity (Wildman–Crippen MR) is 72.4 cm³/mol. The molecule has 0 aliphatic heterocycles. The van der Waals surface area contributed by atoms with Gasteiger partial charge >= 0.3 is 0 Å². The second-order valence-corrected chi connectivity index (χ2v) is 3.53. The van der Waals surface area contributed by atoms with Crippen molar-refractivity contribution < 1.29 is 9.59 Å². The maximum atomic E-state index is 11.5. The Morgan fingerprint density at radius 3 is 2.33 bits per heavy atom. The van der Waals surface area contributed by atoms with Gasteiger partial charge in [0.25, 0.3) is 5.91 Å². The molecule has 0 bridgehead atoms. The number of carbonyl (C=O) groups excluding carboxylic acids is 2. The van der Waals surface area contributed by atoms with Gasteiger partial charge in [-0.05, 0) is 31.2 Å². The lowest BCUT2D eigenvalue weighted by Gasteiger charge is -2.03. The van der Waals surface area contributed by atoms with E-state index in [1.165, 1.54) is 6.08 Å². The van der Waals surface area contributed by atoms with Gasteiger partial charge in [-0.15, -0.1) is 0 Å². The highest BCUT2D eigenvalue weighted by molar-refractivity contribution is 6.00. The zero-order chi connectivity index (χ0) is 13.4. The van der Waals surface area contributed by atoms with E-state index in [4.69, 9.17) is 0 Å². The van der Waals surface area contributed by atoms with Gasteiger partial charge in [-0.25, -0.2) is 0 Å². The quantitative estimate of drug-likeness (QED) is 0.629. The first-order valence-corrected chi connectivity index (χ1v) is 5.60. The van der Waals surface area contributed by atoms with Gasteiger partial charge < -0.3 is 10.6 Å². The molecule has 4 nitrogen and oxygen atoms in total. The molecule has 0 heterocycles. The van der Waals surface area contributed by atoms with Crippen molar-refractivity contribution in [3.05, 3.63) is 54.1 Å². The number of carbonyl (C=O) groups is 2. The minimum Gasteiger partial charge on any atom is -0.355 e. The predicted octanol–water partition coefficient (Wildman–Crippen LogP) is 2.12. The Kier molecular flexibility index (Phi) is 5.38. The van der Waals surface area contributed by atoms with Crippen LogP contribution in [0.25, 0.3) is 0 Å². The summed E-state index contributed by atoms with van der Waals surface area (Å²) in [6.45, 7) is 1.87. The molecular weight excluding hydrogens is 228 g/mol. The Bertz CT molecular complexity index is 473. The summed E-state index contributed by atoms with van der Waals surface area (Å²) in [5.41, 5.74) is 1.21. The molecule has 94 valence electrons. The van der Waals surface area contributed by atoms with Crippen LogP contribution in [0.2, 0.25) is 0 Å². The summed E-state index contributed by atoms with van der Waals surface area (Å²) in [6, 6.07) is 6.69. The first-order valence-electron chi connectivity index (χ1n) is 5.60. The van der Waals surface area contributed by atoms with Gasteiger partial charge in [-0.1, -0.05) is 18.2 Å². The van der Waals surface area contributed by atoms with E-state index in [9.17, 15) is 9.59 Å². The molecule has 1 aromatic rings. The summed E-state index contributed by atoms with van der Waals surface area (Å²) >= 11 is 0. The maximum Gasteiger partial charge on any atom is 0.251 e. The number of allylic oxidation sites excluding steroid dienone is 3. The van der Waals surface area contributed by atoms with Crippen LogP contribution >= 0.6 is 0 Å². The summed E-state index contributed by atoms with van der Waals surface area (Å²) in [7, 11) is 1.57. The van der Waals surface area contributed by atoms with Crippen molar-refractivity contribution in [2.75, 3.05) is 12.4 Å². The van der Waals surface area contributed by atoms with E-state index < -0.39 is 0 Å². The number of rotatable bonds is 4. The third-order valence-electron chi connectivity index (χ3n) is 2.19. The number of hydrogen-bond acceptors (Lipinski definition) is 2. The Labute approximate surface area is 106 Å². The van der Waals surface area contributed by atoms with Crippen LogP contribution in [0.5, 0.6) is 0 Å². The summed E-state index contributed by atoms with van der Waals surface area (Å²) in [4.78, 5) is 22.8. The minimum atomic E-state index is -0.208. The number of benzene rings is 1. The minimum absolute atomic E-state index is 0.152. The molecule has 2 amide bonds. The molecular formula is C14H16N2O2. The summed E-state index contributed by atoms with van der Waals surface area (Å²) in [6.07, 6.45) is 6.71. The number of hydrogen-bond donors (Lipinski definition) is 2. The molecule has 0 aromatic heterocycles. The van der Waals surface area contributed by atoms with Gasteiger partial charge in [-0.3, -0.25) is 9.59 Å². The standard InChI is InChI=1S/C14H16N2O2/c1-3-4-5-6-13(17)16-12-9-7-11(8-10-12)14(18)15-2/h3-10H,1-2H3,(H,15,18)(H,16,17).